The maximum atomic E-state index is 12.1. The van der Waals surface area contributed by atoms with E-state index in [9.17, 15) is 4.79 Å². The predicted molar refractivity (Wildman–Crippen MR) is 102 cm³/mol. The number of thioether (sulfide) groups is 1. The lowest BCUT2D eigenvalue weighted by Gasteiger charge is -2.29. The second-order valence-corrected chi connectivity index (χ2v) is 7.66. The minimum Gasteiger partial charge on any atom is -0.497 e. The van der Waals surface area contributed by atoms with Crippen LogP contribution in [0.4, 0.5) is 0 Å². The zero-order valence-electron chi connectivity index (χ0n) is 15.2. The molecule has 7 heteroatoms. The van der Waals surface area contributed by atoms with E-state index < -0.39 is 0 Å². The summed E-state index contributed by atoms with van der Waals surface area (Å²) in [5.74, 6) is 3.37. The maximum Gasteiger partial charge on any atom is 0.236 e. The van der Waals surface area contributed by atoms with Crippen LogP contribution in [0.15, 0.2) is 28.8 Å². The first-order valence-electron chi connectivity index (χ1n) is 9.00. The van der Waals surface area contributed by atoms with Crippen molar-refractivity contribution in [3.8, 4) is 17.1 Å². The number of carbonyl (C=O) groups is 1. The first-order chi connectivity index (χ1) is 12.7. The molecule has 0 bridgehead atoms. The number of benzene rings is 1. The Kier molecular flexibility index (Phi) is 6.55. The van der Waals surface area contributed by atoms with Crippen LogP contribution in [0.1, 0.15) is 38.5 Å². The Balaban J connectivity index is 1.46. The fraction of sp³-hybridized carbons (Fsp3) is 0.526. The van der Waals surface area contributed by atoms with Gasteiger partial charge in [0.25, 0.3) is 0 Å². The summed E-state index contributed by atoms with van der Waals surface area (Å²) in [4.78, 5) is 16.5. The van der Waals surface area contributed by atoms with Crippen molar-refractivity contribution in [1.29, 1.82) is 0 Å². The van der Waals surface area contributed by atoms with Gasteiger partial charge in [-0.05, 0) is 30.9 Å². The number of hydrogen-bond acceptors (Lipinski definition) is 6. The number of hydrogen-bond donors (Lipinski definition) is 1. The van der Waals surface area contributed by atoms with Crippen LogP contribution < -0.4 is 10.1 Å². The van der Waals surface area contributed by atoms with Crippen LogP contribution in [0.3, 0.4) is 0 Å². The number of methoxy groups -OCH3 is 1. The van der Waals surface area contributed by atoms with E-state index in [1.54, 1.807) is 7.11 Å². The number of aromatic nitrogens is 2. The summed E-state index contributed by atoms with van der Waals surface area (Å²) in [6, 6.07) is 7.84. The number of nitrogens with zero attached hydrogens (tertiary/aromatic N) is 2. The van der Waals surface area contributed by atoms with Crippen molar-refractivity contribution in [1.82, 2.24) is 15.5 Å². The van der Waals surface area contributed by atoms with Gasteiger partial charge in [-0.25, -0.2) is 0 Å². The van der Waals surface area contributed by atoms with Gasteiger partial charge in [0.05, 0.1) is 18.6 Å². The molecule has 1 amide bonds. The van der Waals surface area contributed by atoms with Crippen LogP contribution >= 0.6 is 11.8 Å². The van der Waals surface area contributed by atoms with Crippen molar-refractivity contribution in [2.45, 2.75) is 44.4 Å². The highest BCUT2D eigenvalue weighted by Crippen LogP contribution is 2.24. The van der Waals surface area contributed by atoms with E-state index in [4.69, 9.17) is 9.26 Å². The third-order valence-electron chi connectivity index (χ3n) is 4.71. The molecule has 1 N–H and O–H groups in total. The number of carbonyl (C=O) groups excluding carboxylic acids is 1. The van der Waals surface area contributed by atoms with Gasteiger partial charge in [0, 0.05) is 11.6 Å². The second kappa shape index (κ2) is 9.07. The molecule has 1 heterocycles. The molecule has 6 nitrogen and oxygen atoms in total. The van der Waals surface area contributed by atoms with Crippen LogP contribution in [0.5, 0.6) is 5.75 Å². The minimum absolute atomic E-state index is 0.0845. The lowest BCUT2D eigenvalue weighted by molar-refractivity contribution is -0.119. The molecular formula is C19H25N3O3S. The highest BCUT2D eigenvalue weighted by molar-refractivity contribution is 7.99. The van der Waals surface area contributed by atoms with Crippen molar-refractivity contribution in [2.75, 3.05) is 12.9 Å². The van der Waals surface area contributed by atoms with Gasteiger partial charge < -0.3 is 14.6 Å². The molecule has 1 aliphatic carbocycles. The smallest absolute Gasteiger partial charge is 0.236 e. The van der Waals surface area contributed by atoms with Crippen molar-refractivity contribution in [3.05, 3.63) is 30.2 Å². The molecule has 2 aromatic rings. The van der Waals surface area contributed by atoms with Crippen molar-refractivity contribution < 1.29 is 14.1 Å². The number of ether oxygens (including phenoxy) is 1. The summed E-state index contributed by atoms with van der Waals surface area (Å²) in [5, 5.41) is 7.17. The van der Waals surface area contributed by atoms with Crippen LogP contribution in [0.25, 0.3) is 11.4 Å². The zero-order valence-corrected chi connectivity index (χ0v) is 16.1. The summed E-state index contributed by atoms with van der Waals surface area (Å²) in [6.45, 7) is 2.22. The summed E-state index contributed by atoms with van der Waals surface area (Å²) < 4.78 is 10.5. The highest BCUT2D eigenvalue weighted by Gasteiger charge is 2.22. The fourth-order valence-corrected chi connectivity index (χ4v) is 3.87. The van der Waals surface area contributed by atoms with E-state index in [2.05, 4.69) is 22.4 Å². The van der Waals surface area contributed by atoms with Crippen molar-refractivity contribution >= 4 is 17.7 Å². The summed E-state index contributed by atoms with van der Waals surface area (Å²) >= 11 is 1.49. The molecule has 26 heavy (non-hydrogen) atoms. The molecule has 1 aromatic heterocycles. The average Bonchev–Trinajstić information content (AvgIpc) is 3.13. The highest BCUT2D eigenvalue weighted by atomic mass is 32.2. The molecule has 0 radical (unpaired) electrons. The summed E-state index contributed by atoms with van der Waals surface area (Å²) in [5.41, 5.74) is 0.841. The normalized spacial score (nSPS) is 19.9. The Morgan fingerprint density at radius 2 is 2.23 bits per heavy atom. The van der Waals surface area contributed by atoms with Gasteiger partial charge >= 0.3 is 0 Å². The Labute approximate surface area is 158 Å². The van der Waals surface area contributed by atoms with Crippen LogP contribution in [0, 0.1) is 5.92 Å². The van der Waals surface area contributed by atoms with Crippen LogP contribution in [-0.4, -0.2) is 35.0 Å². The van der Waals surface area contributed by atoms with Crippen LogP contribution in [0.2, 0.25) is 0 Å². The van der Waals surface area contributed by atoms with Crippen molar-refractivity contribution in [3.63, 3.8) is 0 Å². The second-order valence-electron chi connectivity index (χ2n) is 6.67. The molecule has 0 saturated heterocycles. The van der Waals surface area contributed by atoms with Gasteiger partial charge in [-0.15, -0.1) is 11.8 Å². The van der Waals surface area contributed by atoms with E-state index >= 15 is 0 Å². The monoisotopic (exact) mass is 375 g/mol. The molecule has 3 rings (SSSR count). The van der Waals surface area contributed by atoms with E-state index in [1.165, 1.54) is 31.0 Å². The lowest BCUT2D eigenvalue weighted by atomic mass is 9.86. The molecular weight excluding hydrogens is 350 g/mol. The lowest BCUT2D eigenvalue weighted by Crippen LogP contribution is -2.41. The maximum absolute atomic E-state index is 12.1. The predicted octanol–water partition coefficient (Wildman–Crippen LogP) is 3.67. The SMILES string of the molecule is COc1cccc(-c2noc(CSCC(=O)N[C@@H]3CCCC[C@H]3C)n2)c1. The molecule has 1 saturated carbocycles. The minimum atomic E-state index is 0.0845. The van der Waals surface area contributed by atoms with E-state index in [-0.39, 0.29) is 5.91 Å². The molecule has 140 valence electrons. The number of amides is 1. The van der Waals surface area contributed by atoms with Crippen LogP contribution in [-0.2, 0) is 10.5 Å². The Hall–Kier alpha value is -2.02. The molecule has 0 spiro atoms. The van der Waals surface area contributed by atoms with Gasteiger partial charge in [0.2, 0.25) is 17.6 Å². The number of nitrogens with one attached hydrogen (secondary N) is 1. The first-order valence-corrected chi connectivity index (χ1v) is 10.2. The van der Waals surface area contributed by atoms with Gasteiger partial charge in [0.1, 0.15) is 5.75 Å². The summed E-state index contributed by atoms with van der Waals surface area (Å²) in [6.07, 6.45) is 4.77. The van der Waals surface area contributed by atoms with E-state index in [0.717, 1.165) is 17.7 Å². The van der Waals surface area contributed by atoms with E-state index in [1.807, 2.05) is 24.3 Å². The molecule has 1 aromatic carbocycles. The molecule has 1 fully saturated rings. The Bertz CT molecular complexity index is 734. The standard InChI is InChI=1S/C19H25N3O3S/c1-13-6-3-4-9-16(13)20-17(23)11-26-12-18-21-19(22-25-18)14-7-5-8-15(10-14)24-2/h5,7-8,10,13,16H,3-4,6,9,11-12H2,1-2H3,(H,20,23)/t13-,16-/m1/s1. The third-order valence-corrected chi connectivity index (χ3v) is 5.63. The van der Waals surface area contributed by atoms with Gasteiger partial charge in [-0.2, -0.15) is 4.98 Å². The molecule has 2 atom stereocenters. The van der Waals surface area contributed by atoms with Gasteiger partial charge in [-0.3, -0.25) is 4.79 Å². The largest absolute Gasteiger partial charge is 0.497 e. The topological polar surface area (TPSA) is 77.2 Å². The number of rotatable bonds is 7. The summed E-state index contributed by atoms with van der Waals surface area (Å²) in [7, 11) is 1.62. The Morgan fingerprint density at radius 1 is 1.38 bits per heavy atom. The quantitative estimate of drug-likeness (QED) is 0.795. The third kappa shape index (κ3) is 5.00. The first kappa shape index (κ1) is 18.8. The average molecular weight is 375 g/mol. The van der Waals surface area contributed by atoms with Crippen molar-refractivity contribution in [2.24, 2.45) is 5.92 Å². The molecule has 0 unspecified atom stereocenters. The fourth-order valence-electron chi connectivity index (χ4n) is 3.20. The zero-order chi connectivity index (χ0) is 18.4. The van der Waals surface area contributed by atoms with Gasteiger partial charge in [-0.1, -0.05) is 37.1 Å². The Morgan fingerprint density at radius 3 is 3.04 bits per heavy atom. The van der Waals surface area contributed by atoms with E-state index in [0.29, 0.717) is 35.2 Å². The van der Waals surface area contributed by atoms with Gasteiger partial charge in [0.15, 0.2) is 0 Å². The molecule has 1 aliphatic rings. The molecule has 0 aliphatic heterocycles.